The average molecular weight is 250 g/mol. The van der Waals surface area contributed by atoms with Gasteiger partial charge in [0, 0.05) is 24.4 Å². The van der Waals surface area contributed by atoms with E-state index in [1.54, 1.807) is 12.1 Å². The van der Waals surface area contributed by atoms with Crippen molar-refractivity contribution in [3.8, 4) is 0 Å². The Hall–Kier alpha value is -1.68. The molecule has 0 radical (unpaired) electrons. The summed E-state index contributed by atoms with van der Waals surface area (Å²) in [5.74, 6) is 0.598. The third-order valence-corrected chi connectivity index (χ3v) is 2.62. The molecule has 4 nitrogen and oxygen atoms in total. The van der Waals surface area contributed by atoms with Gasteiger partial charge in [-0.3, -0.25) is 4.79 Å². The van der Waals surface area contributed by atoms with Crippen LogP contribution in [0.3, 0.4) is 0 Å². The van der Waals surface area contributed by atoms with Gasteiger partial charge in [-0.2, -0.15) is 0 Å². The Morgan fingerprint density at radius 2 is 2.18 bits per heavy atom. The first-order chi connectivity index (χ1) is 8.10. The maximum atomic E-state index is 11.0. The van der Waals surface area contributed by atoms with Gasteiger partial charge in [-0.05, 0) is 18.2 Å². The lowest BCUT2D eigenvalue weighted by Crippen LogP contribution is -2.05. The number of aryl methyl sites for hydroxylation is 1. The fourth-order valence-corrected chi connectivity index (χ4v) is 1.82. The summed E-state index contributed by atoms with van der Waals surface area (Å²) < 4.78 is 0. The summed E-state index contributed by atoms with van der Waals surface area (Å²) in [6.07, 6.45) is 0.739. The highest BCUT2D eigenvalue weighted by molar-refractivity contribution is 6.34. The molecule has 5 heteroatoms. The van der Waals surface area contributed by atoms with E-state index in [1.165, 1.54) is 6.92 Å². The van der Waals surface area contributed by atoms with Gasteiger partial charge in [0.2, 0.25) is 5.91 Å². The van der Waals surface area contributed by atoms with E-state index in [0.717, 1.165) is 23.1 Å². The van der Waals surface area contributed by atoms with Crippen LogP contribution < -0.4 is 5.32 Å². The molecule has 0 fully saturated rings. The minimum absolute atomic E-state index is 0.119. The molecule has 1 aromatic carbocycles. The van der Waals surface area contributed by atoms with E-state index in [1.807, 2.05) is 13.0 Å². The second-order valence-electron chi connectivity index (χ2n) is 3.70. The number of aromatic nitrogens is 2. The van der Waals surface area contributed by atoms with Crippen LogP contribution >= 0.6 is 11.6 Å². The molecule has 0 saturated carbocycles. The van der Waals surface area contributed by atoms with Crippen molar-refractivity contribution in [2.75, 3.05) is 5.32 Å². The summed E-state index contributed by atoms with van der Waals surface area (Å²) in [5, 5.41) is 3.86. The van der Waals surface area contributed by atoms with Crippen molar-refractivity contribution >= 4 is 34.1 Å². The number of amides is 1. The standard InChI is InChI=1S/C12H12ClN3O/c1-3-11-15-10-5-4-8(14-7(2)17)6-9(10)12(13)16-11/h4-6H,3H2,1-2H3,(H,14,17). The highest BCUT2D eigenvalue weighted by atomic mass is 35.5. The summed E-state index contributed by atoms with van der Waals surface area (Å²) in [5.41, 5.74) is 1.48. The van der Waals surface area contributed by atoms with Crippen LogP contribution in [0.15, 0.2) is 18.2 Å². The first-order valence-corrected chi connectivity index (χ1v) is 5.71. The quantitative estimate of drug-likeness (QED) is 0.833. The Morgan fingerprint density at radius 3 is 2.82 bits per heavy atom. The van der Waals surface area contributed by atoms with Crippen LogP contribution in [0.4, 0.5) is 5.69 Å². The molecule has 0 spiro atoms. The lowest BCUT2D eigenvalue weighted by atomic mass is 10.2. The highest BCUT2D eigenvalue weighted by Crippen LogP contribution is 2.24. The zero-order valence-electron chi connectivity index (χ0n) is 9.62. The maximum absolute atomic E-state index is 11.0. The number of carbonyl (C=O) groups is 1. The summed E-state index contributed by atoms with van der Waals surface area (Å²) >= 11 is 6.09. The fraction of sp³-hybridized carbons (Fsp3) is 0.250. The molecule has 1 N–H and O–H groups in total. The Morgan fingerprint density at radius 1 is 1.41 bits per heavy atom. The smallest absolute Gasteiger partial charge is 0.221 e. The Balaban J connectivity index is 2.54. The van der Waals surface area contributed by atoms with Gasteiger partial charge in [0.1, 0.15) is 11.0 Å². The van der Waals surface area contributed by atoms with Crippen LogP contribution in [0.5, 0.6) is 0 Å². The van der Waals surface area contributed by atoms with Crippen LogP contribution in [0.1, 0.15) is 19.7 Å². The van der Waals surface area contributed by atoms with E-state index in [9.17, 15) is 4.79 Å². The predicted octanol–water partition coefficient (Wildman–Crippen LogP) is 2.80. The molecule has 0 aliphatic heterocycles. The van der Waals surface area contributed by atoms with E-state index in [4.69, 9.17) is 11.6 Å². The zero-order chi connectivity index (χ0) is 12.4. The van der Waals surface area contributed by atoms with Gasteiger partial charge in [0.15, 0.2) is 0 Å². The number of carbonyl (C=O) groups excluding carboxylic acids is 1. The second-order valence-corrected chi connectivity index (χ2v) is 4.06. The average Bonchev–Trinajstić information content (AvgIpc) is 2.29. The molecule has 0 saturated heterocycles. The number of rotatable bonds is 2. The number of hydrogen-bond acceptors (Lipinski definition) is 3. The lowest BCUT2D eigenvalue weighted by molar-refractivity contribution is -0.114. The van der Waals surface area contributed by atoms with Crippen molar-refractivity contribution in [3.05, 3.63) is 29.2 Å². The molecule has 0 aliphatic rings. The minimum Gasteiger partial charge on any atom is -0.326 e. The van der Waals surface area contributed by atoms with Crippen molar-refractivity contribution in [1.82, 2.24) is 9.97 Å². The lowest BCUT2D eigenvalue weighted by Gasteiger charge is -2.06. The number of fused-ring (bicyclic) bond motifs is 1. The van der Waals surface area contributed by atoms with Crippen LogP contribution in [-0.4, -0.2) is 15.9 Å². The van der Waals surface area contributed by atoms with Crippen molar-refractivity contribution in [2.24, 2.45) is 0 Å². The highest BCUT2D eigenvalue weighted by Gasteiger charge is 2.06. The normalized spacial score (nSPS) is 10.5. The molecule has 2 rings (SSSR count). The third-order valence-electron chi connectivity index (χ3n) is 2.33. The zero-order valence-corrected chi connectivity index (χ0v) is 10.4. The van der Waals surface area contributed by atoms with Crippen LogP contribution in [0.25, 0.3) is 10.9 Å². The number of halogens is 1. The monoisotopic (exact) mass is 249 g/mol. The van der Waals surface area contributed by atoms with Gasteiger partial charge in [-0.25, -0.2) is 9.97 Å². The molecule has 1 heterocycles. The van der Waals surface area contributed by atoms with Crippen molar-refractivity contribution in [3.63, 3.8) is 0 Å². The molecule has 0 atom stereocenters. The Bertz CT molecular complexity index is 583. The Labute approximate surface area is 104 Å². The van der Waals surface area contributed by atoms with Crippen LogP contribution in [-0.2, 0) is 11.2 Å². The van der Waals surface area contributed by atoms with E-state index in [-0.39, 0.29) is 5.91 Å². The third kappa shape index (κ3) is 2.53. The summed E-state index contributed by atoms with van der Waals surface area (Å²) in [6.45, 7) is 3.44. The summed E-state index contributed by atoms with van der Waals surface area (Å²) in [7, 11) is 0. The molecule has 0 aliphatic carbocycles. The first-order valence-electron chi connectivity index (χ1n) is 5.34. The largest absolute Gasteiger partial charge is 0.326 e. The minimum atomic E-state index is -0.119. The summed E-state index contributed by atoms with van der Waals surface area (Å²) in [6, 6.07) is 5.40. The predicted molar refractivity (Wildman–Crippen MR) is 68.2 cm³/mol. The van der Waals surface area contributed by atoms with E-state index < -0.39 is 0 Å². The van der Waals surface area contributed by atoms with Crippen molar-refractivity contribution in [2.45, 2.75) is 20.3 Å². The van der Waals surface area contributed by atoms with Gasteiger partial charge < -0.3 is 5.32 Å². The topological polar surface area (TPSA) is 54.9 Å². The number of nitrogens with one attached hydrogen (secondary N) is 1. The number of hydrogen-bond donors (Lipinski definition) is 1. The molecular formula is C12H12ClN3O. The molecule has 1 amide bonds. The molecule has 17 heavy (non-hydrogen) atoms. The van der Waals surface area contributed by atoms with Crippen molar-refractivity contribution < 1.29 is 4.79 Å². The first kappa shape index (κ1) is 11.8. The molecule has 0 bridgehead atoms. The Kier molecular flexibility index (Phi) is 3.24. The van der Waals surface area contributed by atoms with Crippen molar-refractivity contribution in [1.29, 1.82) is 0 Å². The second kappa shape index (κ2) is 4.67. The van der Waals surface area contributed by atoms with Gasteiger partial charge in [-0.1, -0.05) is 18.5 Å². The SMILES string of the molecule is CCc1nc(Cl)c2cc(NC(C)=O)ccc2n1. The number of benzene rings is 1. The van der Waals surface area contributed by atoms with Crippen LogP contribution in [0.2, 0.25) is 5.15 Å². The van der Waals surface area contributed by atoms with Gasteiger partial charge in [0.05, 0.1) is 5.52 Å². The van der Waals surface area contributed by atoms with E-state index >= 15 is 0 Å². The van der Waals surface area contributed by atoms with Gasteiger partial charge >= 0.3 is 0 Å². The van der Waals surface area contributed by atoms with E-state index in [2.05, 4.69) is 15.3 Å². The fourth-order valence-electron chi connectivity index (χ4n) is 1.58. The van der Waals surface area contributed by atoms with Crippen LogP contribution in [0, 0.1) is 0 Å². The molecular weight excluding hydrogens is 238 g/mol. The van der Waals surface area contributed by atoms with Gasteiger partial charge in [0.25, 0.3) is 0 Å². The summed E-state index contributed by atoms with van der Waals surface area (Å²) in [4.78, 5) is 19.5. The molecule has 88 valence electrons. The molecule has 1 aromatic heterocycles. The van der Waals surface area contributed by atoms with Gasteiger partial charge in [-0.15, -0.1) is 0 Å². The molecule has 2 aromatic rings. The number of anilines is 1. The van der Waals surface area contributed by atoms with E-state index in [0.29, 0.717) is 10.8 Å². The number of nitrogens with zero attached hydrogens (tertiary/aromatic N) is 2. The molecule has 0 unspecified atom stereocenters. The maximum Gasteiger partial charge on any atom is 0.221 e.